The molecule has 1 amide bonds. The van der Waals surface area contributed by atoms with Gasteiger partial charge in [0.25, 0.3) is 5.91 Å². The van der Waals surface area contributed by atoms with Crippen molar-refractivity contribution in [2.75, 3.05) is 37.3 Å². The second-order valence-corrected chi connectivity index (χ2v) is 6.97. The molecule has 1 heterocycles. The number of hydrogen-bond donors (Lipinski definition) is 0. The molecule has 0 radical (unpaired) electrons. The van der Waals surface area contributed by atoms with Gasteiger partial charge in [0.05, 0.1) is 0 Å². The molecule has 4 nitrogen and oxygen atoms in total. The maximum Gasteiger partial charge on any atom is 0.253 e. The van der Waals surface area contributed by atoms with E-state index in [-0.39, 0.29) is 5.91 Å². The van der Waals surface area contributed by atoms with Crippen molar-refractivity contribution in [3.8, 4) is 0 Å². The average molecular weight is 328 g/mol. The fraction of sp³-hybridized carbons (Fsp3) is 0.278. The Morgan fingerprint density at radius 2 is 1.52 bits per heavy atom. The average Bonchev–Trinajstić information content (AvgIpc) is 2.62. The van der Waals surface area contributed by atoms with Crippen LogP contribution in [0.25, 0.3) is 0 Å². The van der Waals surface area contributed by atoms with Gasteiger partial charge in [-0.1, -0.05) is 18.2 Å². The number of benzene rings is 2. The highest BCUT2D eigenvalue weighted by Gasteiger charge is 2.22. The maximum absolute atomic E-state index is 12.6. The second kappa shape index (κ2) is 6.96. The summed E-state index contributed by atoms with van der Waals surface area (Å²) in [6, 6.07) is 17.3. The molecule has 2 aromatic carbocycles. The summed E-state index contributed by atoms with van der Waals surface area (Å²) in [5.74, 6) is 0.0474. The predicted molar refractivity (Wildman–Crippen MR) is 93.3 cm³/mol. The van der Waals surface area contributed by atoms with Crippen molar-refractivity contribution < 1.29 is 9.00 Å². The summed E-state index contributed by atoms with van der Waals surface area (Å²) in [5.41, 5.74) is 1.86. The molecule has 1 aliphatic heterocycles. The monoisotopic (exact) mass is 328 g/mol. The van der Waals surface area contributed by atoms with Crippen LogP contribution in [0.3, 0.4) is 0 Å². The minimum atomic E-state index is -1.01. The molecule has 1 atom stereocenters. The molecule has 0 aromatic heterocycles. The van der Waals surface area contributed by atoms with E-state index in [1.165, 1.54) is 5.69 Å². The van der Waals surface area contributed by atoms with E-state index in [0.29, 0.717) is 5.56 Å². The van der Waals surface area contributed by atoms with Crippen LogP contribution in [0.2, 0.25) is 0 Å². The molecule has 1 aliphatic rings. The predicted octanol–water partition coefficient (Wildman–Crippen LogP) is 2.39. The topological polar surface area (TPSA) is 40.6 Å². The van der Waals surface area contributed by atoms with Gasteiger partial charge in [-0.25, -0.2) is 0 Å². The van der Waals surface area contributed by atoms with Gasteiger partial charge in [-0.05, 0) is 36.4 Å². The Balaban J connectivity index is 1.63. The van der Waals surface area contributed by atoms with Crippen LogP contribution >= 0.6 is 0 Å². The molecule has 0 bridgehead atoms. The summed E-state index contributed by atoms with van der Waals surface area (Å²) in [5, 5.41) is 0. The first kappa shape index (κ1) is 15.7. The van der Waals surface area contributed by atoms with Crippen molar-refractivity contribution in [2.24, 2.45) is 0 Å². The molecule has 2 aromatic rings. The highest BCUT2D eigenvalue weighted by molar-refractivity contribution is 7.84. The molecule has 1 fully saturated rings. The Kier molecular flexibility index (Phi) is 4.76. The molecule has 1 unspecified atom stereocenters. The number of carbonyl (C=O) groups is 1. The highest BCUT2D eigenvalue weighted by Crippen LogP contribution is 2.17. The number of anilines is 1. The molecule has 120 valence electrons. The molecule has 5 heteroatoms. The van der Waals surface area contributed by atoms with Crippen LogP contribution in [0.15, 0.2) is 59.5 Å². The third kappa shape index (κ3) is 3.62. The van der Waals surface area contributed by atoms with E-state index in [0.717, 1.165) is 31.1 Å². The standard InChI is InChI=1S/C18H20N2O2S/c1-23(22)17-9-7-15(8-10-17)18(21)20-13-11-19(12-14-20)16-5-3-2-4-6-16/h2-10H,11-14H2,1H3. The maximum atomic E-state index is 12.6. The molecule has 0 aliphatic carbocycles. The summed E-state index contributed by atoms with van der Waals surface area (Å²) < 4.78 is 11.4. The van der Waals surface area contributed by atoms with Gasteiger partial charge >= 0.3 is 0 Å². The lowest BCUT2D eigenvalue weighted by atomic mass is 10.1. The lowest BCUT2D eigenvalue weighted by Gasteiger charge is -2.36. The summed E-state index contributed by atoms with van der Waals surface area (Å²) in [6.07, 6.45) is 1.64. The number of carbonyl (C=O) groups excluding carboxylic acids is 1. The molecule has 0 N–H and O–H groups in total. The van der Waals surface area contributed by atoms with E-state index in [2.05, 4.69) is 17.0 Å². The molecule has 3 rings (SSSR count). The summed E-state index contributed by atoms with van der Waals surface area (Å²) in [4.78, 5) is 17.5. The quantitative estimate of drug-likeness (QED) is 0.869. The van der Waals surface area contributed by atoms with E-state index >= 15 is 0 Å². The van der Waals surface area contributed by atoms with Crippen LogP contribution in [0.4, 0.5) is 5.69 Å². The number of nitrogens with zero attached hydrogens (tertiary/aromatic N) is 2. The van der Waals surface area contributed by atoms with Crippen LogP contribution in [0, 0.1) is 0 Å². The first-order chi connectivity index (χ1) is 11.1. The minimum Gasteiger partial charge on any atom is -0.368 e. The largest absolute Gasteiger partial charge is 0.368 e. The van der Waals surface area contributed by atoms with E-state index in [4.69, 9.17) is 0 Å². The number of piperazine rings is 1. The summed E-state index contributed by atoms with van der Waals surface area (Å²) >= 11 is 0. The smallest absolute Gasteiger partial charge is 0.253 e. The second-order valence-electron chi connectivity index (χ2n) is 5.59. The Labute approximate surface area is 139 Å². The van der Waals surface area contributed by atoms with Gasteiger partial charge in [0.15, 0.2) is 0 Å². The van der Waals surface area contributed by atoms with E-state index in [9.17, 15) is 9.00 Å². The normalized spacial score (nSPS) is 16.2. The Morgan fingerprint density at radius 1 is 0.913 bits per heavy atom. The zero-order valence-corrected chi connectivity index (χ0v) is 14.0. The lowest BCUT2D eigenvalue weighted by molar-refractivity contribution is 0.0746. The van der Waals surface area contributed by atoms with Gasteiger partial charge in [-0.3, -0.25) is 9.00 Å². The molecular formula is C18H20N2O2S. The van der Waals surface area contributed by atoms with Gasteiger partial charge in [0.1, 0.15) is 0 Å². The van der Waals surface area contributed by atoms with Crippen LogP contribution in [0.1, 0.15) is 10.4 Å². The van der Waals surface area contributed by atoms with Gasteiger partial charge in [-0.2, -0.15) is 0 Å². The van der Waals surface area contributed by atoms with Crippen molar-refractivity contribution in [1.29, 1.82) is 0 Å². The fourth-order valence-electron chi connectivity index (χ4n) is 2.78. The molecular weight excluding hydrogens is 308 g/mol. The molecule has 1 saturated heterocycles. The van der Waals surface area contributed by atoms with E-state index in [1.807, 2.05) is 23.1 Å². The number of rotatable bonds is 3. The zero-order chi connectivity index (χ0) is 16.2. The summed E-state index contributed by atoms with van der Waals surface area (Å²) in [6.45, 7) is 3.12. The first-order valence-electron chi connectivity index (χ1n) is 7.68. The Morgan fingerprint density at radius 3 is 2.09 bits per heavy atom. The van der Waals surface area contributed by atoms with Crippen LogP contribution in [-0.2, 0) is 10.8 Å². The van der Waals surface area contributed by atoms with E-state index in [1.54, 1.807) is 30.5 Å². The summed E-state index contributed by atoms with van der Waals surface area (Å²) in [7, 11) is -1.01. The molecule has 0 spiro atoms. The first-order valence-corrected chi connectivity index (χ1v) is 9.24. The van der Waals surface area contributed by atoms with Crippen LogP contribution < -0.4 is 4.90 Å². The SMILES string of the molecule is CS(=O)c1ccc(C(=O)N2CCN(c3ccccc3)CC2)cc1. The molecule has 0 saturated carbocycles. The number of amides is 1. The van der Waals surface area contributed by atoms with Gasteiger partial charge in [0, 0.05) is 59.4 Å². The van der Waals surface area contributed by atoms with Crippen LogP contribution in [0.5, 0.6) is 0 Å². The van der Waals surface area contributed by atoms with E-state index < -0.39 is 10.8 Å². The van der Waals surface area contributed by atoms with Crippen molar-refractivity contribution in [3.05, 3.63) is 60.2 Å². The van der Waals surface area contributed by atoms with Crippen LogP contribution in [-0.4, -0.2) is 47.5 Å². The minimum absolute atomic E-state index is 0.0474. The van der Waals surface area contributed by atoms with Gasteiger partial charge in [-0.15, -0.1) is 0 Å². The third-order valence-corrected chi connectivity index (χ3v) is 5.06. The van der Waals surface area contributed by atoms with Crippen molar-refractivity contribution in [2.45, 2.75) is 4.90 Å². The van der Waals surface area contributed by atoms with Gasteiger partial charge < -0.3 is 9.80 Å². The lowest BCUT2D eigenvalue weighted by Crippen LogP contribution is -2.48. The number of para-hydroxylation sites is 1. The highest BCUT2D eigenvalue weighted by atomic mass is 32.2. The third-order valence-electron chi connectivity index (χ3n) is 4.12. The Bertz CT molecular complexity index is 693. The molecule has 23 heavy (non-hydrogen) atoms. The van der Waals surface area contributed by atoms with Crippen molar-refractivity contribution in [3.63, 3.8) is 0 Å². The Hall–Kier alpha value is -2.14. The number of hydrogen-bond acceptors (Lipinski definition) is 3. The fourth-order valence-corrected chi connectivity index (χ4v) is 3.30. The van der Waals surface area contributed by atoms with Crippen molar-refractivity contribution in [1.82, 2.24) is 4.90 Å². The van der Waals surface area contributed by atoms with Gasteiger partial charge in [0.2, 0.25) is 0 Å². The zero-order valence-electron chi connectivity index (χ0n) is 13.1. The van der Waals surface area contributed by atoms with Crippen molar-refractivity contribution >= 4 is 22.4 Å².